The van der Waals surface area contributed by atoms with Gasteiger partial charge in [0.15, 0.2) is 5.78 Å². The second-order valence-electron chi connectivity index (χ2n) is 2.82. The Labute approximate surface area is 92.6 Å². The molecule has 0 aliphatic heterocycles. The lowest BCUT2D eigenvalue weighted by Crippen LogP contribution is -1.88. The number of ketones is 2. The fourth-order valence-electron chi connectivity index (χ4n) is 0.203. The first kappa shape index (κ1) is 19.3. The summed E-state index contributed by atoms with van der Waals surface area (Å²) in [7, 11) is 0. The quantitative estimate of drug-likeness (QED) is 0.524. The van der Waals surface area contributed by atoms with E-state index in [1.165, 1.54) is 6.92 Å². The third-order valence-corrected chi connectivity index (χ3v) is 1.49. The molecule has 0 bridgehead atoms. The van der Waals surface area contributed by atoms with Crippen LogP contribution in [0.2, 0.25) is 0 Å². The van der Waals surface area contributed by atoms with E-state index in [9.17, 15) is 9.59 Å². The SMILES string of the molecule is CC=C(C)C(C)=O.CC=O.CCC(C)=O. The van der Waals surface area contributed by atoms with E-state index in [1.54, 1.807) is 13.8 Å². The van der Waals surface area contributed by atoms with Gasteiger partial charge in [-0.15, -0.1) is 0 Å². The van der Waals surface area contributed by atoms with Crippen molar-refractivity contribution in [1.82, 2.24) is 0 Å². The van der Waals surface area contributed by atoms with Gasteiger partial charge in [0.25, 0.3) is 0 Å². The summed E-state index contributed by atoms with van der Waals surface area (Å²) >= 11 is 0. The molecule has 0 aromatic heterocycles. The normalized spacial score (nSPS) is 8.80. The van der Waals surface area contributed by atoms with Crippen LogP contribution >= 0.6 is 0 Å². The first-order valence-corrected chi connectivity index (χ1v) is 4.90. The summed E-state index contributed by atoms with van der Waals surface area (Å²) in [6, 6.07) is 0. The van der Waals surface area contributed by atoms with E-state index >= 15 is 0 Å². The van der Waals surface area contributed by atoms with Crippen LogP contribution in [0, 0.1) is 0 Å². The van der Waals surface area contributed by atoms with Crippen molar-refractivity contribution in [2.75, 3.05) is 0 Å². The van der Waals surface area contributed by atoms with Gasteiger partial charge in [-0.1, -0.05) is 13.0 Å². The number of aldehydes is 1. The van der Waals surface area contributed by atoms with Crippen molar-refractivity contribution < 1.29 is 14.4 Å². The maximum Gasteiger partial charge on any atom is 0.155 e. The Bertz CT molecular complexity index is 215. The molecule has 3 heteroatoms. The smallest absolute Gasteiger partial charge is 0.155 e. The zero-order valence-electron chi connectivity index (χ0n) is 10.6. The Morgan fingerprint density at radius 3 is 1.33 bits per heavy atom. The average Bonchev–Trinajstić information content (AvgIpc) is 2.18. The zero-order valence-corrected chi connectivity index (χ0v) is 10.6. The van der Waals surface area contributed by atoms with Crippen LogP contribution in [0.1, 0.15) is 48.0 Å². The van der Waals surface area contributed by atoms with Gasteiger partial charge in [0.2, 0.25) is 0 Å². The highest BCUT2D eigenvalue weighted by Crippen LogP contribution is 1.90. The molecule has 88 valence electrons. The van der Waals surface area contributed by atoms with E-state index in [0.29, 0.717) is 6.42 Å². The molecule has 0 aliphatic rings. The maximum absolute atomic E-state index is 10.3. The molecule has 0 radical (unpaired) electrons. The summed E-state index contributed by atoms with van der Waals surface area (Å²) in [5.74, 6) is 0.410. The molecule has 0 aliphatic carbocycles. The lowest BCUT2D eigenvalue weighted by molar-refractivity contribution is -0.116. The zero-order chi connectivity index (χ0) is 12.9. The van der Waals surface area contributed by atoms with Crippen LogP contribution in [0.25, 0.3) is 0 Å². The van der Waals surface area contributed by atoms with Gasteiger partial charge in [-0.05, 0) is 40.2 Å². The van der Waals surface area contributed by atoms with E-state index in [1.807, 2.05) is 26.8 Å². The van der Waals surface area contributed by atoms with Crippen molar-refractivity contribution in [3.05, 3.63) is 11.6 Å². The molecule has 3 nitrogen and oxygen atoms in total. The van der Waals surface area contributed by atoms with E-state index in [0.717, 1.165) is 11.9 Å². The minimum atomic E-state index is 0.155. The molecular formula is C12H22O3. The second-order valence-corrected chi connectivity index (χ2v) is 2.82. The Hall–Kier alpha value is -1.25. The van der Waals surface area contributed by atoms with Crippen molar-refractivity contribution in [3.8, 4) is 0 Å². The first-order valence-electron chi connectivity index (χ1n) is 4.90. The van der Waals surface area contributed by atoms with Gasteiger partial charge >= 0.3 is 0 Å². The van der Waals surface area contributed by atoms with Gasteiger partial charge in [0.05, 0.1) is 0 Å². The third-order valence-electron chi connectivity index (χ3n) is 1.49. The van der Waals surface area contributed by atoms with Crippen LogP contribution in [-0.4, -0.2) is 17.9 Å². The van der Waals surface area contributed by atoms with E-state index in [4.69, 9.17) is 4.79 Å². The molecule has 0 N–H and O–H groups in total. The topological polar surface area (TPSA) is 51.2 Å². The Morgan fingerprint density at radius 2 is 1.33 bits per heavy atom. The number of Topliss-reactive ketones (excluding diaryl/α,β-unsaturated/α-hetero) is 2. The van der Waals surface area contributed by atoms with Crippen LogP contribution < -0.4 is 0 Å². The molecule has 0 fully saturated rings. The van der Waals surface area contributed by atoms with Crippen molar-refractivity contribution in [3.63, 3.8) is 0 Å². The average molecular weight is 214 g/mol. The maximum atomic E-state index is 10.3. The van der Waals surface area contributed by atoms with Crippen LogP contribution in [-0.2, 0) is 14.4 Å². The molecule has 0 aromatic carbocycles. The standard InChI is InChI=1S/C6H10O.C4H8O.C2H4O/c1-4-5(2)6(3)7;1-3-4(2)5;1-2-3/h4H,1-3H3;3H2,1-2H3;2H,1H3. The lowest BCUT2D eigenvalue weighted by Gasteiger charge is -1.85. The van der Waals surface area contributed by atoms with Gasteiger partial charge in [-0.25, -0.2) is 0 Å². The predicted molar refractivity (Wildman–Crippen MR) is 62.8 cm³/mol. The number of allylic oxidation sites excluding steroid dienone is 2. The highest BCUT2D eigenvalue weighted by atomic mass is 16.1. The molecule has 0 saturated heterocycles. The van der Waals surface area contributed by atoms with Crippen molar-refractivity contribution in [2.24, 2.45) is 0 Å². The minimum absolute atomic E-state index is 0.155. The second kappa shape index (κ2) is 15.2. The van der Waals surface area contributed by atoms with Crippen LogP contribution in [0.15, 0.2) is 11.6 Å². The summed E-state index contributed by atoms with van der Waals surface area (Å²) in [5.41, 5.74) is 0.833. The highest BCUT2D eigenvalue weighted by molar-refractivity contribution is 5.92. The van der Waals surface area contributed by atoms with Gasteiger partial charge in [-0.3, -0.25) is 4.79 Å². The van der Waals surface area contributed by atoms with Crippen molar-refractivity contribution in [1.29, 1.82) is 0 Å². The summed E-state index contributed by atoms with van der Waals surface area (Å²) in [4.78, 5) is 28.9. The summed E-state index contributed by atoms with van der Waals surface area (Å²) in [6.45, 7) is 10.1. The molecule has 0 rings (SSSR count). The number of carbonyl (C=O) groups excluding carboxylic acids is 3. The van der Waals surface area contributed by atoms with Crippen LogP contribution in [0.4, 0.5) is 0 Å². The molecule has 0 unspecified atom stereocenters. The van der Waals surface area contributed by atoms with E-state index < -0.39 is 0 Å². The van der Waals surface area contributed by atoms with Gasteiger partial charge in [0.1, 0.15) is 12.1 Å². The summed E-state index contributed by atoms with van der Waals surface area (Å²) in [6.07, 6.45) is 3.22. The van der Waals surface area contributed by atoms with Crippen molar-refractivity contribution in [2.45, 2.75) is 48.0 Å². The number of hydrogen-bond donors (Lipinski definition) is 0. The Kier molecular flexibility index (Phi) is 19.6. The first-order chi connectivity index (χ1) is 6.87. The molecule has 15 heavy (non-hydrogen) atoms. The fraction of sp³-hybridized carbons (Fsp3) is 0.583. The highest BCUT2D eigenvalue weighted by Gasteiger charge is 1.89. The van der Waals surface area contributed by atoms with E-state index in [-0.39, 0.29) is 11.6 Å². The number of carbonyl (C=O) groups is 3. The third kappa shape index (κ3) is 32.3. The summed E-state index contributed by atoms with van der Waals surface area (Å²) in [5, 5.41) is 0. The molecule has 0 atom stereocenters. The minimum Gasteiger partial charge on any atom is -0.304 e. The van der Waals surface area contributed by atoms with Gasteiger partial charge in [-0.2, -0.15) is 0 Å². The molecule has 0 aromatic rings. The molecule has 0 spiro atoms. The molecular weight excluding hydrogens is 192 g/mol. The summed E-state index contributed by atoms with van der Waals surface area (Å²) < 4.78 is 0. The molecule has 0 amide bonds. The molecule has 0 saturated carbocycles. The van der Waals surface area contributed by atoms with Crippen molar-refractivity contribution >= 4 is 17.9 Å². The number of rotatable bonds is 2. The lowest BCUT2D eigenvalue weighted by atomic mass is 10.2. The van der Waals surface area contributed by atoms with Crippen LogP contribution in [0.3, 0.4) is 0 Å². The fourth-order valence-corrected chi connectivity index (χ4v) is 0.203. The van der Waals surface area contributed by atoms with Gasteiger partial charge in [0, 0.05) is 6.42 Å². The van der Waals surface area contributed by atoms with Crippen LogP contribution in [0.5, 0.6) is 0 Å². The predicted octanol–water partition coefficient (Wildman–Crippen LogP) is 2.73. The van der Waals surface area contributed by atoms with E-state index in [2.05, 4.69) is 0 Å². The Balaban J connectivity index is -0.000000158. The van der Waals surface area contributed by atoms with Gasteiger partial charge < -0.3 is 9.59 Å². The number of hydrogen-bond acceptors (Lipinski definition) is 3. The largest absolute Gasteiger partial charge is 0.304 e. The Morgan fingerprint density at radius 1 is 1.07 bits per heavy atom. The molecule has 0 heterocycles. The monoisotopic (exact) mass is 214 g/mol.